The minimum atomic E-state index is -4.40. The van der Waals surface area contributed by atoms with E-state index in [4.69, 9.17) is 10.7 Å². The van der Waals surface area contributed by atoms with Crippen molar-refractivity contribution in [2.45, 2.75) is 31.2 Å². The molecule has 20 heavy (non-hydrogen) atoms. The summed E-state index contributed by atoms with van der Waals surface area (Å²) in [6.07, 6.45) is 0.631. The third-order valence-electron chi connectivity index (χ3n) is 3.09. The van der Waals surface area contributed by atoms with E-state index < -0.39 is 37.1 Å². The Bertz CT molecular complexity index is 634. The van der Waals surface area contributed by atoms with E-state index in [2.05, 4.69) is 0 Å². The topological polar surface area (TPSA) is 54.5 Å². The van der Waals surface area contributed by atoms with Crippen LogP contribution in [0.2, 0.25) is 0 Å². The number of benzene rings is 1. The van der Waals surface area contributed by atoms with Gasteiger partial charge in [0.1, 0.15) is 16.5 Å². The first-order valence-corrected chi connectivity index (χ1v) is 8.11. The van der Waals surface area contributed by atoms with Gasteiger partial charge in [-0.25, -0.2) is 17.2 Å². The molecule has 8 heteroatoms. The van der Waals surface area contributed by atoms with Crippen molar-refractivity contribution in [1.82, 2.24) is 4.90 Å². The maximum atomic E-state index is 13.7. The number of carbonyl (C=O) groups excluding carboxylic acids is 1. The second-order valence-electron chi connectivity index (χ2n) is 4.37. The predicted octanol–water partition coefficient (Wildman–Crippen LogP) is 2.76. The van der Waals surface area contributed by atoms with Crippen LogP contribution in [0.1, 0.15) is 30.6 Å². The second kappa shape index (κ2) is 6.05. The van der Waals surface area contributed by atoms with E-state index in [9.17, 15) is 22.0 Å². The van der Waals surface area contributed by atoms with Gasteiger partial charge in [-0.05, 0) is 19.4 Å². The lowest BCUT2D eigenvalue weighted by Gasteiger charge is -2.24. The highest BCUT2D eigenvalue weighted by Crippen LogP contribution is 2.24. The Balaban J connectivity index is 3.36. The van der Waals surface area contributed by atoms with Crippen LogP contribution >= 0.6 is 10.7 Å². The van der Waals surface area contributed by atoms with Crippen molar-refractivity contribution in [2.75, 3.05) is 7.05 Å². The van der Waals surface area contributed by atoms with Gasteiger partial charge in [-0.1, -0.05) is 6.92 Å². The fraction of sp³-hybridized carbons (Fsp3) is 0.417. The molecule has 0 N–H and O–H groups in total. The van der Waals surface area contributed by atoms with Gasteiger partial charge in [0.25, 0.3) is 15.0 Å². The molecule has 0 fully saturated rings. The molecule has 1 atom stereocenters. The third kappa shape index (κ3) is 3.46. The molecular formula is C12H14ClF2NO3S. The van der Waals surface area contributed by atoms with Crippen LogP contribution in [0.3, 0.4) is 0 Å². The predicted molar refractivity (Wildman–Crippen MR) is 71.2 cm³/mol. The Kier molecular flexibility index (Phi) is 5.10. The van der Waals surface area contributed by atoms with E-state index in [0.29, 0.717) is 18.6 Å². The Morgan fingerprint density at radius 2 is 1.90 bits per heavy atom. The Morgan fingerprint density at radius 1 is 1.35 bits per heavy atom. The lowest BCUT2D eigenvalue weighted by atomic mass is 10.1. The molecular weight excluding hydrogens is 312 g/mol. The standard InChI is InChI=1S/C12H14ClF2NO3S/c1-4-7(2)16(3)12(17)8-5-11(20(13,18)19)10(15)6-9(8)14/h5-7H,4H2,1-3H3. The van der Waals surface area contributed by atoms with Crippen molar-refractivity contribution in [2.24, 2.45) is 0 Å². The highest BCUT2D eigenvalue weighted by Gasteiger charge is 2.25. The van der Waals surface area contributed by atoms with E-state index >= 15 is 0 Å². The molecule has 1 unspecified atom stereocenters. The summed E-state index contributed by atoms with van der Waals surface area (Å²) in [6.45, 7) is 3.59. The number of hydrogen-bond donors (Lipinski definition) is 0. The maximum Gasteiger partial charge on any atom is 0.264 e. The zero-order valence-electron chi connectivity index (χ0n) is 11.2. The fourth-order valence-electron chi connectivity index (χ4n) is 1.54. The molecule has 0 aromatic heterocycles. The first-order valence-electron chi connectivity index (χ1n) is 5.80. The summed E-state index contributed by atoms with van der Waals surface area (Å²) in [4.78, 5) is 12.4. The van der Waals surface area contributed by atoms with Crippen LogP contribution in [-0.2, 0) is 9.05 Å². The normalized spacial score (nSPS) is 13.1. The van der Waals surface area contributed by atoms with Gasteiger partial charge in [0.05, 0.1) is 5.56 Å². The first-order chi connectivity index (χ1) is 9.09. The average molecular weight is 326 g/mol. The van der Waals surface area contributed by atoms with Crippen molar-refractivity contribution in [3.63, 3.8) is 0 Å². The van der Waals surface area contributed by atoms with E-state index in [1.807, 2.05) is 6.92 Å². The van der Waals surface area contributed by atoms with Gasteiger partial charge in [-0.3, -0.25) is 4.79 Å². The minimum absolute atomic E-state index is 0.178. The van der Waals surface area contributed by atoms with Gasteiger partial charge in [-0.15, -0.1) is 0 Å². The van der Waals surface area contributed by atoms with Crippen molar-refractivity contribution < 1.29 is 22.0 Å². The number of amides is 1. The molecule has 0 saturated carbocycles. The zero-order valence-corrected chi connectivity index (χ0v) is 12.7. The first kappa shape index (κ1) is 16.8. The van der Waals surface area contributed by atoms with Crippen LogP contribution in [0, 0.1) is 11.6 Å². The number of rotatable bonds is 4. The molecule has 1 amide bonds. The summed E-state index contributed by atoms with van der Waals surface area (Å²) in [7, 11) is 2.10. The van der Waals surface area contributed by atoms with Gasteiger partial charge in [0.15, 0.2) is 0 Å². The van der Waals surface area contributed by atoms with Gasteiger partial charge in [0, 0.05) is 29.8 Å². The van der Waals surface area contributed by atoms with Gasteiger partial charge >= 0.3 is 0 Å². The van der Waals surface area contributed by atoms with Gasteiger partial charge in [-0.2, -0.15) is 0 Å². The summed E-state index contributed by atoms with van der Waals surface area (Å²) >= 11 is 0. The van der Waals surface area contributed by atoms with Crippen LogP contribution in [0.5, 0.6) is 0 Å². The SMILES string of the molecule is CCC(C)N(C)C(=O)c1cc(S(=O)(=O)Cl)c(F)cc1F. The Labute approximate surface area is 120 Å². The molecule has 0 saturated heterocycles. The molecule has 112 valence electrons. The molecule has 1 rings (SSSR count). The Morgan fingerprint density at radius 3 is 2.35 bits per heavy atom. The van der Waals surface area contributed by atoms with Crippen molar-refractivity contribution in [3.05, 3.63) is 29.3 Å². The molecule has 0 spiro atoms. The quantitative estimate of drug-likeness (QED) is 0.800. The van der Waals surface area contributed by atoms with E-state index in [1.54, 1.807) is 6.92 Å². The van der Waals surface area contributed by atoms with Crippen LogP contribution in [0.15, 0.2) is 17.0 Å². The van der Waals surface area contributed by atoms with Crippen molar-refractivity contribution >= 4 is 25.6 Å². The number of carbonyl (C=O) groups is 1. The summed E-state index contributed by atoms with van der Waals surface area (Å²) in [5.41, 5.74) is -0.534. The molecule has 0 aliphatic rings. The fourth-order valence-corrected chi connectivity index (χ4v) is 2.45. The van der Waals surface area contributed by atoms with Gasteiger partial charge in [0.2, 0.25) is 0 Å². The number of hydrogen-bond acceptors (Lipinski definition) is 3. The van der Waals surface area contributed by atoms with Crippen LogP contribution < -0.4 is 0 Å². The molecule has 1 aromatic carbocycles. The molecule has 0 bridgehead atoms. The van der Waals surface area contributed by atoms with E-state index in [-0.39, 0.29) is 6.04 Å². The average Bonchev–Trinajstić information content (AvgIpc) is 2.34. The second-order valence-corrected chi connectivity index (χ2v) is 6.91. The lowest BCUT2D eigenvalue weighted by molar-refractivity contribution is 0.0735. The van der Waals surface area contributed by atoms with Crippen LogP contribution in [0.25, 0.3) is 0 Å². The van der Waals surface area contributed by atoms with Crippen LogP contribution in [0.4, 0.5) is 8.78 Å². The summed E-state index contributed by atoms with van der Waals surface area (Å²) in [5, 5.41) is 0. The molecule has 0 aliphatic heterocycles. The monoisotopic (exact) mass is 325 g/mol. The third-order valence-corrected chi connectivity index (χ3v) is 4.42. The van der Waals surface area contributed by atoms with Crippen molar-refractivity contribution in [1.29, 1.82) is 0 Å². The highest BCUT2D eigenvalue weighted by molar-refractivity contribution is 8.13. The molecule has 1 aromatic rings. The molecule has 0 heterocycles. The summed E-state index contributed by atoms with van der Waals surface area (Å²) in [5.74, 6) is -3.20. The van der Waals surface area contributed by atoms with Crippen molar-refractivity contribution in [3.8, 4) is 0 Å². The summed E-state index contributed by atoms with van der Waals surface area (Å²) in [6, 6.07) is 0.782. The van der Waals surface area contributed by atoms with Gasteiger partial charge < -0.3 is 4.90 Å². The Hall–Kier alpha value is -1.21. The number of halogens is 3. The van der Waals surface area contributed by atoms with Crippen LogP contribution in [-0.4, -0.2) is 32.3 Å². The molecule has 4 nitrogen and oxygen atoms in total. The molecule has 0 aliphatic carbocycles. The van der Waals surface area contributed by atoms with E-state index in [0.717, 1.165) is 0 Å². The highest BCUT2D eigenvalue weighted by atomic mass is 35.7. The maximum absolute atomic E-state index is 13.7. The van der Waals surface area contributed by atoms with E-state index in [1.165, 1.54) is 11.9 Å². The summed E-state index contributed by atoms with van der Waals surface area (Å²) < 4.78 is 49.4. The number of nitrogens with zero attached hydrogens (tertiary/aromatic N) is 1. The smallest absolute Gasteiger partial charge is 0.264 e. The lowest BCUT2D eigenvalue weighted by Crippen LogP contribution is -2.35. The largest absolute Gasteiger partial charge is 0.339 e. The zero-order chi connectivity index (χ0) is 15.7. The molecule has 0 radical (unpaired) electrons. The minimum Gasteiger partial charge on any atom is -0.339 e.